The number of nitrogens with zero attached hydrogens (tertiary/aromatic N) is 4. The molecular weight excluding hydrogens is 398 g/mol. The van der Waals surface area contributed by atoms with Crippen LogP contribution in [0.25, 0.3) is 11.3 Å². The minimum absolute atomic E-state index is 0.0817. The van der Waals surface area contributed by atoms with Gasteiger partial charge in [0.2, 0.25) is 5.95 Å². The van der Waals surface area contributed by atoms with E-state index in [2.05, 4.69) is 27.1 Å². The summed E-state index contributed by atoms with van der Waals surface area (Å²) in [4.78, 5) is 25.9. The SMILES string of the molecule is CCN1CCN(C(=O)c2ccc(Nc3nccc(-c4ccc(Cl)cc4)n3)cc2)CC1. The Morgan fingerprint density at radius 1 is 1.00 bits per heavy atom. The number of anilines is 2. The lowest BCUT2D eigenvalue weighted by Crippen LogP contribution is -2.48. The largest absolute Gasteiger partial charge is 0.336 e. The number of carbonyl (C=O) groups is 1. The Bertz CT molecular complexity index is 999. The first-order chi connectivity index (χ1) is 14.6. The van der Waals surface area contributed by atoms with E-state index in [1.54, 1.807) is 6.20 Å². The van der Waals surface area contributed by atoms with Crippen molar-refractivity contribution in [3.63, 3.8) is 0 Å². The fourth-order valence-corrected chi connectivity index (χ4v) is 3.60. The lowest BCUT2D eigenvalue weighted by molar-refractivity contribution is 0.0643. The summed E-state index contributed by atoms with van der Waals surface area (Å²) < 4.78 is 0. The molecule has 1 N–H and O–H groups in total. The van der Waals surface area contributed by atoms with E-state index in [0.717, 1.165) is 49.7 Å². The molecule has 154 valence electrons. The van der Waals surface area contributed by atoms with Crippen molar-refractivity contribution < 1.29 is 4.79 Å². The number of aromatic nitrogens is 2. The zero-order valence-electron chi connectivity index (χ0n) is 16.9. The molecule has 6 nitrogen and oxygen atoms in total. The third-order valence-corrected chi connectivity index (χ3v) is 5.54. The fourth-order valence-electron chi connectivity index (χ4n) is 3.48. The first kappa shape index (κ1) is 20.3. The van der Waals surface area contributed by atoms with Gasteiger partial charge in [-0.2, -0.15) is 0 Å². The van der Waals surface area contributed by atoms with Crippen LogP contribution in [0.1, 0.15) is 17.3 Å². The number of nitrogens with one attached hydrogen (secondary N) is 1. The Kier molecular flexibility index (Phi) is 6.26. The first-order valence-electron chi connectivity index (χ1n) is 10.1. The van der Waals surface area contributed by atoms with Gasteiger partial charge in [-0.25, -0.2) is 9.97 Å². The van der Waals surface area contributed by atoms with Crippen molar-refractivity contribution in [1.82, 2.24) is 19.8 Å². The predicted octanol–water partition coefficient (Wildman–Crippen LogP) is 4.32. The molecule has 0 bridgehead atoms. The summed E-state index contributed by atoms with van der Waals surface area (Å²) in [5.41, 5.74) is 3.30. The molecule has 1 fully saturated rings. The van der Waals surface area contributed by atoms with Crippen LogP contribution in [0, 0.1) is 0 Å². The molecule has 0 aliphatic carbocycles. The van der Waals surface area contributed by atoms with E-state index in [4.69, 9.17) is 11.6 Å². The molecule has 1 amide bonds. The van der Waals surface area contributed by atoms with Crippen LogP contribution in [0.5, 0.6) is 0 Å². The van der Waals surface area contributed by atoms with Crippen LogP contribution in [-0.4, -0.2) is 58.4 Å². The van der Waals surface area contributed by atoms with Crippen LogP contribution in [-0.2, 0) is 0 Å². The van der Waals surface area contributed by atoms with E-state index in [1.807, 2.05) is 59.5 Å². The van der Waals surface area contributed by atoms with E-state index >= 15 is 0 Å². The number of carbonyl (C=O) groups excluding carboxylic acids is 1. The van der Waals surface area contributed by atoms with Gasteiger partial charge >= 0.3 is 0 Å². The third-order valence-electron chi connectivity index (χ3n) is 5.29. The summed E-state index contributed by atoms with van der Waals surface area (Å²) >= 11 is 5.96. The van der Waals surface area contributed by atoms with Gasteiger partial charge in [0, 0.05) is 54.2 Å². The lowest BCUT2D eigenvalue weighted by Gasteiger charge is -2.34. The van der Waals surface area contributed by atoms with Crippen molar-refractivity contribution in [2.24, 2.45) is 0 Å². The van der Waals surface area contributed by atoms with Crippen molar-refractivity contribution in [3.05, 3.63) is 71.4 Å². The molecule has 7 heteroatoms. The number of rotatable bonds is 5. The molecule has 1 aromatic heterocycles. The number of hydrogen-bond acceptors (Lipinski definition) is 5. The Morgan fingerprint density at radius 2 is 1.70 bits per heavy atom. The molecule has 3 aromatic rings. The molecule has 2 heterocycles. The second-order valence-corrected chi connectivity index (χ2v) is 7.64. The van der Waals surface area contributed by atoms with Crippen molar-refractivity contribution in [3.8, 4) is 11.3 Å². The predicted molar refractivity (Wildman–Crippen MR) is 120 cm³/mol. The lowest BCUT2D eigenvalue weighted by atomic mass is 10.1. The van der Waals surface area contributed by atoms with Gasteiger partial charge in [0.1, 0.15) is 0 Å². The monoisotopic (exact) mass is 421 g/mol. The Labute approximate surface area is 181 Å². The highest BCUT2D eigenvalue weighted by Crippen LogP contribution is 2.22. The highest BCUT2D eigenvalue weighted by Gasteiger charge is 2.21. The Balaban J connectivity index is 1.42. The van der Waals surface area contributed by atoms with E-state index in [9.17, 15) is 4.79 Å². The average molecular weight is 422 g/mol. The smallest absolute Gasteiger partial charge is 0.253 e. The maximum Gasteiger partial charge on any atom is 0.253 e. The van der Waals surface area contributed by atoms with Crippen molar-refractivity contribution in [1.29, 1.82) is 0 Å². The highest BCUT2D eigenvalue weighted by atomic mass is 35.5. The zero-order valence-corrected chi connectivity index (χ0v) is 17.6. The minimum atomic E-state index is 0.0817. The number of hydrogen-bond donors (Lipinski definition) is 1. The van der Waals surface area contributed by atoms with Gasteiger partial charge in [-0.1, -0.05) is 30.7 Å². The molecule has 30 heavy (non-hydrogen) atoms. The second-order valence-electron chi connectivity index (χ2n) is 7.20. The number of amides is 1. The van der Waals surface area contributed by atoms with E-state index in [0.29, 0.717) is 16.5 Å². The third kappa shape index (κ3) is 4.78. The summed E-state index contributed by atoms with van der Waals surface area (Å²) in [6.07, 6.45) is 1.72. The van der Waals surface area contributed by atoms with Gasteiger partial charge in [-0.15, -0.1) is 0 Å². The normalized spacial score (nSPS) is 14.5. The molecule has 0 atom stereocenters. The van der Waals surface area contributed by atoms with Crippen molar-refractivity contribution in [2.75, 3.05) is 38.0 Å². The summed E-state index contributed by atoms with van der Waals surface area (Å²) in [7, 11) is 0. The molecule has 1 aliphatic heterocycles. The second kappa shape index (κ2) is 9.24. The van der Waals surface area contributed by atoms with E-state index < -0.39 is 0 Å². The van der Waals surface area contributed by atoms with Gasteiger partial charge in [-0.3, -0.25) is 4.79 Å². The quantitative estimate of drug-likeness (QED) is 0.664. The van der Waals surface area contributed by atoms with E-state index in [1.165, 1.54) is 0 Å². The van der Waals surface area contributed by atoms with Crippen LogP contribution in [0.4, 0.5) is 11.6 Å². The number of piperazine rings is 1. The van der Waals surface area contributed by atoms with Gasteiger partial charge in [-0.05, 0) is 49.0 Å². The summed E-state index contributed by atoms with van der Waals surface area (Å²) in [5, 5.41) is 3.89. The average Bonchev–Trinajstić information content (AvgIpc) is 2.80. The van der Waals surface area contributed by atoms with Crippen molar-refractivity contribution >= 4 is 29.1 Å². The molecular formula is C23H24ClN5O. The summed E-state index contributed by atoms with van der Waals surface area (Å²) in [5.74, 6) is 0.579. The molecule has 0 saturated carbocycles. The zero-order chi connectivity index (χ0) is 20.9. The summed E-state index contributed by atoms with van der Waals surface area (Å²) in [6, 6.07) is 16.8. The molecule has 0 radical (unpaired) electrons. The Hall–Kier alpha value is -2.96. The maximum absolute atomic E-state index is 12.7. The molecule has 0 unspecified atom stereocenters. The highest BCUT2D eigenvalue weighted by molar-refractivity contribution is 6.30. The van der Waals surface area contributed by atoms with Crippen LogP contribution in [0.15, 0.2) is 60.8 Å². The van der Waals surface area contributed by atoms with Crippen LogP contribution < -0.4 is 5.32 Å². The number of likely N-dealkylation sites (N-methyl/N-ethyl adjacent to an activating group) is 1. The van der Waals surface area contributed by atoms with Gasteiger partial charge in [0.25, 0.3) is 5.91 Å². The molecule has 1 saturated heterocycles. The first-order valence-corrected chi connectivity index (χ1v) is 10.5. The van der Waals surface area contributed by atoms with Crippen LogP contribution in [0.2, 0.25) is 5.02 Å². The Morgan fingerprint density at radius 3 is 2.37 bits per heavy atom. The van der Waals surface area contributed by atoms with Crippen LogP contribution in [0.3, 0.4) is 0 Å². The fraction of sp³-hybridized carbons (Fsp3) is 0.261. The van der Waals surface area contributed by atoms with E-state index in [-0.39, 0.29) is 5.91 Å². The maximum atomic E-state index is 12.7. The molecule has 1 aliphatic rings. The topological polar surface area (TPSA) is 61.4 Å². The number of halogens is 1. The number of benzene rings is 2. The molecule has 2 aromatic carbocycles. The standard InChI is InChI=1S/C23H24ClN5O/c1-2-28-13-15-29(16-14-28)22(30)18-5-9-20(10-6-18)26-23-25-12-11-21(27-23)17-3-7-19(24)8-4-17/h3-12H,2,13-16H2,1H3,(H,25,26,27). The molecule has 4 rings (SSSR count). The van der Waals surface area contributed by atoms with Gasteiger partial charge in [0.15, 0.2) is 0 Å². The van der Waals surface area contributed by atoms with Crippen LogP contribution >= 0.6 is 11.6 Å². The summed E-state index contributed by atoms with van der Waals surface area (Å²) in [6.45, 7) is 6.60. The van der Waals surface area contributed by atoms with Gasteiger partial charge < -0.3 is 15.1 Å². The minimum Gasteiger partial charge on any atom is -0.336 e. The van der Waals surface area contributed by atoms with Crippen molar-refractivity contribution in [2.45, 2.75) is 6.92 Å². The van der Waals surface area contributed by atoms with Gasteiger partial charge in [0.05, 0.1) is 5.69 Å². The molecule has 0 spiro atoms.